The van der Waals surface area contributed by atoms with Crippen molar-refractivity contribution in [1.82, 2.24) is 14.7 Å². The molecule has 10 heteroatoms. The van der Waals surface area contributed by atoms with Gasteiger partial charge in [0.05, 0.1) is 25.9 Å². The predicted molar refractivity (Wildman–Crippen MR) is 139 cm³/mol. The van der Waals surface area contributed by atoms with Gasteiger partial charge in [-0.05, 0) is 42.5 Å². The quantitative estimate of drug-likeness (QED) is 0.473. The van der Waals surface area contributed by atoms with E-state index in [1.54, 1.807) is 41.3 Å². The first-order valence-corrected chi connectivity index (χ1v) is 13.1. The van der Waals surface area contributed by atoms with Crippen LogP contribution in [0.1, 0.15) is 10.4 Å². The van der Waals surface area contributed by atoms with Crippen LogP contribution < -0.4 is 4.74 Å². The number of rotatable bonds is 11. The molecular weight excluding hydrogens is 501 g/mol. The molecule has 1 N–H and O–H groups in total. The lowest BCUT2D eigenvalue weighted by Gasteiger charge is -2.37. The smallest absolute Gasteiger partial charge is 0.254 e. The topological polar surface area (TPSA) is 74.7 Å². The summed E-state index contributed by atoms with van der Waals surface area (Å²) in [4.78, 5) is 19.5. The number of hydrogen-bond donors (Lipinski definition) is 1. The molecule has 0 aromatic heterocycles. The van der Waals surface area contributed by atoms with Gasteiger partial charge in [0.1, 0.15) is 24.3 Å². The van der Waals surface area contributed by atoms with Crippen LogP contribution in [0.5, 0.6) is 5.75 Å². The monoisotopic (exact) mass is 535 g/mol. The Hall–Kier alpha value is -2.27. The zero-order valence-electron chi connectivity index (χ0n) is 20.9. The Balaban J connectivity index is 1.32. The molecule has 2 aliphatic heterocycles. The summed E-state index contributed by atoms with van der Waals surface area (Å²) in [7, 11) is 0. The van der Waals surface area contributed by atoms with E-state index >= 15 is 0 Å². The molecule has 2 fully saturated rings. The van der Waals surface area contributed by atoms with Gasteiger partial charge in [-0.1, -0.05) is 17.7 Å². The minimum absolute atomic E-state index is 0.160. The van der Waals surface area contributed by atoms with E-state index in [0.717, 1.165) is 13.1 Å². The van der Waals surface area contributed by atoms with Gasteiger partial charge in [0.25, 0.3) is 5.91 Å². The molecule has 0 aliphatic carbocycles. The second-order valence-corrected chi connectivity index (χ2v) is 9.82. The molecule has 0 radical (unpaired) electrons. The second-order valence-electron chi connectivity index (χ2n) is 9.39. The standard InChI is InChI=1S/C27H35ClFN3O5/c28-22-4-6-25(7-5-22)37-20-24(33)17-31-12-15-36-26(18-31)19-32(9-8-30-10-13-35-14-11-30)27(34)21-2-1-3-23(29)16-21/h1-7,16,24,26,33H,8-15,17-20H2. The molecule has 8 nitrogen and oxygen atoms in total. The predicted octanol–water partition coefficient (Wildman–Crippen LogP) is 2.39. The Labute approximate surface area is 222 Å². The number of nitrogens with zero attached hydrogens (tertiary/aromatic N) is 3. The van der Waals surface area contributed by atoms with Crippen LogP contribution >= 0.6 is 11.6 Å². The van der Waals surface area contributed by atoms with Crippen molar-refractivity contribution in [2.45, 2.75) is 12.2 Å². The van der Waals surface area contributed by atoms with Gasteiger partial charge in [0.15, 0.2) is 0 Å². The van der Waals surface area contributed by atoms with Crippen LogP contribution in [-0.2, 0) is 9.47 Å². The largest absolute Gasteiger partial charge is 0.491 e. The van der Waals surface area contributed by atoms with Gasteiger partial charge in [-0.25, -0.2) is 4.39 Å². The molecule has 202 valence electrons. The van der Waals surface area contributed by atoms with E-state index in [9.17, 15) is 14.3 Å². The highest BCUT2D eigenvalue weighted by Crippen LogP contribution is 2.16. The molecule has 2 aromatic rings. The molecule has 1 amide bonds. The fourth-order valence-electron chi connectivity index (χ4n) is 4.54. The number of β-amino-alcohol motifs (C(OH)–C–C–N with tert-alkyl or cyclic N) is 1. The highest BCUT2D eigenvalue weighted by molar-refractivity contribution is 6.30. The van der Waals surface area contributed by atoms with Crippen LogP contribution in [0.4, 0.5) is 4.39 Å². The third-order valence-electron chi connectivity index (χ3n) is 6.52. The van der Waals surface area contributed by atoms with E-state index in [-0.39, 0.29) is 18.6 Å². The number of morpholine rings is 2. The average molecular weight is 536 g/mol. The molecule has 0 bridgehead atoms. The number of carbonyl (C=O) groups is 1. The lowest BCUT2D eigenvalue weighted by Crippen LogP contribution is -2.52. The van der Waals surface area contributed by atoms with Crippen LogP contribution in [0, 0.1) is 5.82 Å². The Morgan fingerprint density at radius 1 is 1.14 bits per heavy atom. The molecule has 0 saturated carbocycles. The second kappa shape index (κ2) is 14.0. The summed E-state index contributed by atoms with van der Waals surface area (Å²) in [6.07, 6.45) is -0.902. The van der Waals surface area contributed by atoms with Gasteiger partial charge in [-0.2, -0.15) is 0 Å². The van der Waals surface area contributed by atoms with Gasteiger partial charge in [0.2, 0.25) is 0 Å². The number of benzene rings is 2. The number of carbonyl (C=O) groups excluding carboxylic acids is 1. The highest BCUT2D eigenvalue weighted by Gasteiger charge is 2.27. The summed E-state index contributed by atoms with van der Waals surface area (Å²) in [5.41, 5.74) is 0.324. The van der Waals surface area contributed by atoms with Crippen LogP contribution in [0.3, 0.4) is 0 Å². The molecular formula is C27H35ClFN3O5. The summed E-state index contributed by atoms with van der Waals surface area (Å²) in [5.74, 6) is -0.00571. The molecule has 4 rings (SSSR count). The number of halogens is 2. The third kappa shape index (κ3) is 8.91. The molecule has 2 heterocycles. The van der Waals surface area contributed by atoms with Gasteiger partial charge in [-0.15, -0.1) is 0 Å². The normalized spacial score (nSPS) is 19.9. The van der Waals surface area contributed by atoms with Crippen molar-refractivity contribution in [2.24, 2.45) is 0 Å². The van der Waals surface area contributed by atoms with Gasteiger partial charge in [0, 0.05) is 62.9 Å². The molecule has 2 unspecified atom stereocenters. The summed E-state index contributed by atoms with van der Waals surface area (Å²) >= 11 is 5.90. The maximum absolute atomic E-state index is 13.8. The first-order valence-electron chi connectivity index (χ1n) is 12.7. The first kappa shape index (κ1) is 27.8. The molecule has 37 heavy (non-hydrogen) atoms. The molecule has 2 atom stereocenters. The van der Waals surface area contributed by atoms with E-state index < -0.39 is 11.9 Å². The van der Waals surface area contributed by atoms with Crippen molar-refractivity contribution in [3.63, 3.8) is 0 Å². The Bertz CT molecular complexity index is 992. The molecule has 2 aliphatic rings. The van der Waals surface area contributed by atoms with Crippen LogP contribution in [-0.4, -0.2) is 117 Å². The zero-order valence-corrected chi connectivity index (χ0v) is 21.7. The summed E-state index contributed by atoms with van der Waals surface area (Å²) in [6, 6.07) is 12.8. The van der Waals surface area contributed by atoms with Crippen molar-refractivity contribution in [3.05, 3.63) is 64.9 Å². The zero-order chi connectivity index (χ0) is 26.0. The first-order chi connectivity index (χ1) is 18.0. The number of ether oxygens (including phenoxy) is 3. The number of amides is 1. The Morgan fingerprint density at radius 3 is 2.65 bits per heavy atom. The molecule has 2 saturated heterocycles. The maximum atomic E-state index is 13.8. The van der Waals surface area contributed by atoms with E-state index in [1.807, 2.05) is 0 Å². The van der Waals surface area contributed by atoms with Crippen LogP contribution in [0.15, 0.2) is 48.5 Å². The lowest BCUT2D eigenvalue weighted by molar-refractivity contribution is -0.0545. The third-order valence-corrected chi connectivity index (χ3v) is 6.77. The fourth-order valence-corrected chi connectivity index (χ4v) is 4.67. The lowest BCUT2D eigenvalue weighted by atomic mass is 10.1. The maximum Gasteiger partial charge on any atom is 0.254 e. The Kier molecular flexibility index (Phi) is 10.5. The van der Waals surface area contributed by atoms with Crippen molar-refractivity contribution < 1.29 is 28.5 Å². The van der Waals surface area contributed by atoms with Crippen LogP contribution in [0.2, 0.25) is 5.02 Å². The Morgan fingerprint density at radius 2 is 1.89 bits per heavy atom. The molecule has 2 aromatic carbocycles. The minimum Gasteiger partial charge on any atom is -0.491 e. The van der Waals surface area contributed by atoms with Crippen molar-refractivity contribution in [1.29, 1.82) is 0 Å². The van der Waals surface area contributed by atoms with E-state index in [2.05, 4.69) is 9.80 Å². The summed E-state index contributed by atoms with van der Waals surface area (Å²) in [6.45, 7) is 6.96. The van der Waals surface area contributed by atoms with Crippen molar-refractivity contribution >= 4 is 17.5 Å². The van der Waals surface area contributed by atoms with Gasteiger partial charge >= 0.3 is 0 Å². The SMILES string of the molecule is O=C(c1cccc(F)c1)N(CCN1CCOCC1)CC1CN(CC(O)COc2ccc(Cl)cc2)CCO1. The van der Waals surface area contributed by atoms with E-state index in [1.165, 1.54) is 12.1 Å². The number of aliphatic hydroxyl groups is 1. The number of hydrogen-bond acceptors (Lipinski definition) is 7. The van der Waals surface area contributed by atoms with E-state index in [4.69, 9.17) is 25.8 Å². The van der Waals surface area contributed by atoms with E-state index in [0.29, 0.717) is 75.4 Å². The summed E-state index contributed by atoms with van der Waals surface area (Å²) in [5, 5.41) is 11.2. The fraction of sp³-hybridized carbons (Fsp3) is 0.519. The summed E-state index contributed by atoms with van der Waals surface area (Å²) < 4.78 is 30.9. The van der Waals surface area contributed by atoms with Crippen molar-refractivity contribution in [3.8, 4) is 5.75 Å². The van der Waals surface area contributed by atoms with Crippen LogP contribution in [0.25, 0.3) is 0 Å². The minimum atomic E-state index is -0.680. The van der Waals surface area contributed by atoms with Gasteiger partial charge < -0.3 is 24.2 Å². The molecule has 0 spiro atoms. The highest BCUT2D eigenvalue weighted by atomic mass is 35.5. The van der Waals surface area contributed by atoms with Crippen molar-refractivity contribution in [2.75, 3.05) is 78.8 Å². The average Bonchev–Trinajstić information content (AvgIpc) is 2.91. The van der Waals surface area contributed by atoms with Gasteiger partial charge in [-0.3, -0.25) is 14.6 Å². The number of aliphatic hydroxyl groups excluding tert-OH is 1.